The van der Waals surface area contributed by atoms with Gasteiger partial charge >= 0.3 is 0 Å². The van der Waals surface area contributed by atoms with Gasteiger partial charge in [0.25, 0.3) is 11.8 Å². The fourth-order valence-corrected chi connectivity index (χ4v) is 3.08. The number of pyridine rings is 1. The molecule has 1 atom stereocenters. The Morgan fingerprint density at radius 1 is 1.29 bits per heavy atom. The van der Waals surface area contributed by atoms with Crippen molar-refractivity contribution in [3.05, 3.63) is 53.9 Å². The second-order valence-corrected chi connectivity index (χ2v) is 7.51. The number of nitrogens with zero attached hydrogens (tertiary/aromatic N) is 2. The smallest absolute Gasteiger partial charge is 0.278 e. The zero-order valence-corrected chi connectivity index (χ0v) is 17.4. The molecule has 166 valence electrons. The molecule has 0 spiro atoms. The Kier molecular flexibility index (Phi) is 7.17. The normalized spacial score (nSPS) is 15.5. The minimum absolute atomic E-state index is 0.0776. The van der Waals surface area contributed by atoms with Gasteiger partial charge in [-0.15, -0.1) is 0 Å². The summed E-state index contributed by atoms with van der Waals surface area (Å²) in [6, 6.07) is 10.1. The lowest BCUT2D eigenvalue weighted by molar-refractivity contribution is -0.125. The standard InChI is InChI=1S/C22H25F2N3O4/c1-15(19-8-7-18(12-25-19)31-14-22(2,23)24)26-20(28)11-16-3-5-17(6-4-16)27-9-10-30-13-21(27)29/h3-8,12,15H,9-11,13-14H2,1-2H3,(H,26,28)/t15-/m1/s1. The third kappa shape index (κ3) is 6.71. The number of hydrogen-bond donors (Lipinski definition) is 1. The summed E-state index contributed by atoms with van der Waals surface area (Å²) in [4.78, 5) is 30.1. The van der Waals surface area contributed by atoms with Crippen LogP contribution in [0.3, 0.4) is 0 Å². The number of amides is 2. The molecule has 0 bridgehead atoms. The van der Waals surface area contributed by atoms with Crippen LogP contribution in [-0.4, -0.2) is 49.1 Å². The molecule has 1 aliphatic heterocycles. The van der Waals surface area contributed by atoms with Gasteiger partial charge < -0.3 is 19.7 Å². The quantitative estimate of drug-likeness (QED) is 0.693. The highest BCUT2D eigenvalue weighted by molar-refractivity contribution is 5.94. The highest BCUT2D eigenvalue weighted by Gasteiger charge is 2.22. The van der Waals surface area contributed by atoms with E-state index in [0.717, 1.165) is 18.2 Å². The molecule has 0 aliphatic carbocycles. The highest BCUT2D eigenvalue weighted by atomic mass is 19.3. The number of hydrogen-bond acceptors (Lipinski definition) is 5. The highest BCUT2D eigenvalue weighted by Crippen LogP contribution is 2.19. The van der Waals surface area contributed by atoms with Crippen LogP contribution in [0.5, 0.6) is 5.75 Å². The first kappa shape index (κ1) is 22.6. The van der Waals surface area contributed by atoms with E-state index >= 15 is 0 Å². The van der Waals surface area contributed by atoms with E-state index in [1.54, 1.807) is 24.0 Å². The molecular formula is C22H25F2N3O4. The van der Waals surface area contributed by atoms with E-state index in [-0.39, 0.29) is 36.6 Å². The van der Waals surface area contributed by atoms with E-state index in [1.165, 1.54) is 6.20 Å². The van der Waals surface area contributed by atoms with Gasteiger partial charge in [0.2, 0.25) is 5.91 Å². The first-order valence-corrected chi connectivity index (χ1v) is 9.94. The molecule has 2 aromatic rings. The number of rotatable bonds is 8. The molecular weight excluding hydrogens is 408 g/mol. The third-order valence-electron chi connectivity index (χ3n) is 4.67. The van der Waals surface area contributed by atoms with E-state index < -0.39 is 12.5 Å². The van der Waals surface area contributed by atoms with Crippen LogP contribution < -0.4 is 15.0 Å². The fourth-order valence-electron chi connectivity index (χ4n) is 3.08. The minimum Gasteiger partial charge on any atom is -0.486 e. The maximum atomic E-state index is 12.9. The van der Waals surface area contributed by atoms with E-state index in [1.807, 2.05) is 24.3 Å². The second kappa shape index (κ2) is 9.82. The summed E-state index contributed by atoms with van der Waals surface area (Å²) >= 11 is 0. The Hall–Kier alpha value is -3.07. The second-order valence-electron chi connectivity index (χ2n) is 7.51. The zero-order chi connectivity index (χ0) is 22.4. The van der Waals surface area contributed by atoms with E-state index in [0.29, 0.717) is 18.8 Å². The van der Waals surface area contributed by atoms with Crippen molar-refractivity contribution in [2.75, 3.05) is 31.3 Å². The lowest BCUT2D eigenvalue weighted by Crippen LogP contribution is -2.41. The van der Waals surface area contributed by atoms with Crippen molar-refractivity contribution in [1.82, 2.24) is 10.3 Å². The number of carbonyl (C=O) groups excluding carboxylic acids is 2. The average Bonchev–Trinajstić information content (AvgIpc) is 2.73. The van der Waals surface area contributed by atoms with Gasteiger partial charge in [0.05, 0.1) is 31.0 Å². The lowest BCUT2D eigenvalue weighted by Gasteiger charge is -2.26. The van der Waals surface area contributed by atoms with Crippen molar-refractivity contribution in [1.29, 1.82) is 0 Å². The third-order valence-corrected chi connectivity index (χ3v) is 4.67. The maximum Gasteiger partial charge on any atom is 0.278 e. The zero-order valence-electron chi connectivity index (χ0n) is 17.4. The largest absolute Gasteiger partial charge is 0.486 e. The summed E-state index contributed by atoms with van der Waals surface area (Å²) in [6.07, 6.45) is 1.53. The molecule has 31 heavy (non-hydrogen) atoms. The van der Waals surface area contributed by atoms with Crippen molar-refractivity contribution < 1.29 is 27.8 Å². The molecule has 3 rings (SSSR count). The monoisotopic (exact) mass is 433 g/mol. The van der Waals surface area contributed by atoms with Crippen LogP contribution in [0.25, 0.3) is 0 Å². The van der Waals surface area contributed by atoms with Gasteiger partial charge in [-0.1, -0.05) is 12.1 Å². The van der Waals surface area contributed by atoms with Crippen LogP contribution in [0, 0.1) is 0 Å². The van der Waals surface area contributed by atoms with Crippen molar-refractivity contribution in [3.63, 3.8) is 0 Å². The van der Waals surface area contributed by atoms with Gasteiger partial charge in [0.1, 0.15) is 12.4 Å². The van der Waals surface area contributed by atoms with Crippen molar-refractivity contribution >= 4 is 17.5 Å². The molecule has 1 saturated heterocycles. The number of aromatic nitrogens is 1. The summed E-state index contributed by atoms with van der Waals surface area (Å²) < 4.78 is 35.8. The first-order valence-electron chi connectivity index (χ1n) is 9.94. The molecule has 7 nitrogen and oxygen atoms in total. The van der Waals surface area contributed by atoms with Crippen LogP contribution in [0.4, 0.5) is 14.5 Å². The Morgan fingerprint density at radius 2 is 2.03 bits per heavy atom. The topological polar surface area (TPSA) is 80.8 Å². The summed E-state index contributed by atoms with van der Waals surface area (Å²) in [5.41, 5.74) is 2.18. The van der Waals surface area contributed by atoms with Gasteiger partial charge in [-0.25, -0.2) is 8.78 Å². The van der Waals surface area contributed by atoms with Gasteiger partial charge in [0, 0.05) is 19.2 Å². The molecule has 0 radical (unpaired) electrons. The molecule has 0 unspecified atom stereocenters. The van der Waals surface area contributed by atoms with Crippen LogP contribution in [-0.2, 0) is 20.7 Å². The van der Waals surface area contributed by atoms with Crippen molar-refractivity contribution in [3.8, 4) is 5.75 Å². The van der Waals surface area contributed by atoms with Crippen molar-refractivity contribution in [2.45, 2.75) is 32.2 Å². The van der Waals surface area contributed by atoms with Gasteiger partial charge in [0.15, 0.2) is 6.61 Å². The molecule has 1 aliphatic rings. The van der Waals surface area contributed by atoms with Gasteiger partial charge in [-0.05, 0) is 36.8 Å². The Balaban J connectivity index is 1.51. The minimum atomic E-state index is -2.92. The van der Waals surface area contributed by atoms with Gasteiger partial charge in [-0.3, -0.25) is 14.6 Å². The fraction of sp³-hybridized carbons (Fsp3) is 0.409. The number of ether oxygens (including phenoxy) is 2. The van der Waals surface area contributed by atoms with Crippen LogP contribution in [0.2, 0.25) is 0 Å². The molecule has 9 heteroatoms. The SMILES string of the molecule is C[C@@H](NC(=O)Cc1ccc(N2CCOCC2=O)cc1)c1ccc(OCC(C)(F)F)cn1. The number of alkyl halides is 2. The van der Waals surface area contributed by atoms with Crippen LogP contribution in [0.15, 0.2) is 42.6 Å². The predicted molar refractivity (Wildman–Crippen MR) is 110 cm³/mol. The molecule has 1 aromatic carbocycles. The summed E-state index contributed by atoms with van der Waals surface area (Å²) in [5.74, 6) is -2.95. The van der Waals surface area contributed by atoms with E-state index in [2.05, 4.69) is 10.3 Å². The summed E-state index contributed by atoms with van der Waals surface area (Å²) in [5, 5.41) is 2.86. The molecule has 2 heterocycles. The van der Waals surface area contributed by atoms with E-state index in [9.17, 15) is 18.4 Å². The Labute approximate surface area is 179 Å². The number of halogens is 2. The van der Waals surface area contributed by atoms with Crippen LogP contribution >= 0.6 is 0 Å². The number of anilines is 1. The lowest BCUT2D eigenvalue weighted by atomic mass is 10.1. The van der Waals surface area contributed by atoms with Gasteiger partial charge in [-0.2, -0.15) is 0 Å². The maximum absolute atomic E-state index is 12.9. The molecule has 2 amide bonds. The molecule has 1 N–H and O–H groups in total. The van der Waals surface area contributed by atoms with E-state index in [4.69, 9.17) is 9.47 Å². The number of nitrogens with one attached hydrogen (secondary N) is 1. The molecule has 0 saturated carbocycles. The number of benzene rings is 1. The average molecular weight is 433 g/mol. The Bertz CT molecular complexity index is 898. The molecule has 1 aromatic heterocycles. The van der Waals surface area contributed by atoms with Crippen LogP contribution in [0.1, 0.15) is 31.1 Å². The van der Waals surface area contributed by atoms with Crippen molar-refractivity contribution in [2.24, 2.45) is 0 Å². The summed E-state index contributed by atoms with van der Waals surface area (Å²) in [7, 11) is 0. The molecule has 1 fully saturated rings. The Morgan fingerprint density at radius 3 is 2.65 bits per heavy atom. The number of carbonyl (C=O) groups is 2. The number of morpholine rings is 1. The predicted octanol–water partition coefficient (Wildman–Crippen LogP) is 2.90. The first-order chi connectivity index (χ1) is 14.7. The summed E-state index contributed by atoms with van der Waals surface area (Å²) in [6.45, 7) is 2.93.